The summed E-state index contributed by atoms with van der Waals surface area (Å²) in [5, 5.41) is 6.82. The maximum absolute atomic E-state index is 13.1. The molecule has 7 nitrogen and oxygen atoms in total. The van der Waals surface area contributed by atoms with Crippen molar-refractivity contribution >= 4 is 28.3 Å². The highest BCUT2D eigenvalue weighted by molar-refractivity contribution is 7.10. The molecule has 0 aliphatic carbocycles. The molecule has 5 rings (SSSR count). The van der Waals surface area contributed by atoms with Crippen LogP contribution < -0.4 is 5.56 Å². The molecule has 4 aromatic rings. The summed E-state index contributed by atoms with van der Waals surface area (Å²) in [7, 11) is 0. The van der Waals surface area contributed by atoms with E-state index in [1.165, 1.54) is 27.5 Å². The van der Waals surface area contributed by atoms with Crippen LogP contribution in [0.3, 0.4) is 0 Å². The summed E-state index contributed by atoms with van der Waals surface area (Å²) < 4.78 is 3.02. The quantitative estimate of drug-likeness (QED) is 0.509. The van der Waals surface area contributed by atoms with E-state index in [0.717, 1.165) is 18.5 Å². The Morgan fingerprint density at radius 2 is 2.07 bits per heavy atom. The standard InChI is InChI=1S/C22H21N5O2S/c1-2-18-16-9-11-30-19(16)8-10-26(18)20(28)13-25-14-23-21-17(22(25)29)12-24-27(21)15-6-4-3-5-7-15/h3-7,9,11-12,14,18H,2,8,10,13H2,1H3. The lowest BCUT2D eigenvalue weighted by molar-refractivity contribution is -0.134. The van der Waals surface area contributed by atoms with Crippen molar-refractivity contribution in [3.8, 4) is 5.69 Å². The first-order valence-corrected chi connectivity index (χ1v) is 10.9. The van der Waals surface area contributed by atoms with Crippen molar-refractivity contribution in [2.75, 3.05) is 6.54 Å². The molecule has 0 fully saturated rings. The Morgan fingerprint density at radius 1 is 1.23 bits per heavy atom. The van der Waals surface area contributed by atoms with Gasteiger partial charge in [-0.15, -0.1) is 11.3 Å². The van der Waals surface area contributed by atoms with Crippen LogP contribution in [0.4, 0.5) is 0 Å². The summed E-state index contributed by atoms with van der Waals surface area (Å²) >= 11 is 1.75. The zero-order valence-corrected chi connectivity index (χ0v) is 17.4. The highest BCUT2D eigenvalue weighted by Crippen LogP contribution is 2.35. The molecule has 1 atom stereocenters. The minimum Gasteiger partial charge on any atom is -0.334 e. The number of carbonyl (C=O) groups is 1. The molecule has 0 saturated heterocycles. The number of amides is 1. The van der Waals surface area contributed by atoms with Gasteiger partial charge in [0.2, 0.25) is 5.91 Å². The smallest absolute Gasteiger partial charge is 0.264 e. The van der Waals surface area contributed by atoms with Gasteiger partial charge in [0, 0.05) is 11.4 Å². The molecule has 1 aliphatic rings. The Balaban J connectivity index is 1.44. The van der Waals surface area contributed by atoms with Crippen LogP contribution in [0.2, 0.25) is 0 Å². The maximum Gasteiger partial charge on any atom is 0.264 e. The van der Waals surface area contributed by atoms with E-state index < -0.39 is 0 Å². The second-order valence-corrected chi connectivity index (χ2v) is 8.37. The molecule has 152 valence electrons. The van der Waals surface area contributed by atoms with Gasteiger partial charge in [0.15, 0.2) is 5.65 Å². The van der Waals surface area contributed by atoms with Crippen LogP contribution in [0, 0.1) is 0 Å². The van der Waals surface area contributed by atoms with Gasteiger partial charge >= 0.3 is 0 Å². The summed E-state index contributed by atoms with van der Waals surface area (Å²) in [5.41, 5.74) is 2.31. The Kier molecular flexibility index (Phi) is 4.71. The Hall–Kier alpha value is -3.26. The predicted molar refractivity (Wildman–Crippen MR) is 116 cm³/mol. The third-order valence-electron chi connectivity index (χ3n) is 5.66. The Labute approximate surface area is 177 Å². The summed E-state index contributed by atoms with van der Waals surface area (Å²) in [4.78, 5) is 33.8. The number of hydrogen-bond acceptors (Lipinski definition) is 5. The maximum atomic E-state index is 13.1. The van der Waals surface area contributed by atoms with Crippen molar-refractivity contribution in [1.82, 2.24) is 24.2 Å². The van der Waals surface area contributed by atoms with Crippen molar-refractivity contribution in [3.63, 3.8) is 0 Å². The van der Waals surface area contributed by atoms with Gasteiger partial charge in [-0.2, -0.15) is 5.10 Å². The number of para-hydroxylation sites is 1. The number of nitrogens with zero attached hydrogens (tertiary/aromatic N) is 5. The van der Waals surface area contributed by atoms with Gasteiger partial charge in [-0.25, -0.2) is 9.67 Å². The summed E-state index contributed by atoms with van der Waals surface area (Å²) in [5.74, 6) is -0.0580. The average Bonchev–Trinajstić information content (AvgIpc) is 3.42. The lowest BCUT2D eigenvalue weighted by Crippen LogP contribution is -2.42. The third kappa shape index (κ3) is 3.04. The van der Waals surface area contributed by atoms with E-state index >= 15 is 0 Å². The largest absolute Gasteiger partial charge is 0.334 e. The van der Waals surface area contributed by atoms with E-state index in [1.807, 2.05) is 35.2 Å². The van der Waals surface area contributed by atoms with E-state index in [9.17, 15) is 9.59 Å². The fraction of sp³-hybridized carbons (Fsp3) is 0.273. The number of rotatable bonds is 4. The van der Waals surface area contributed by atoms with Gasteiger partial charge in [-0.05, 0) is 42.0 Å². The van der Waals surface area contributed by atoms with E-state index in [1.54, 1.807) is 16.0 Å². The molecule has 0 radical (unpaired) electrons. The molecule has 0 bridgehead atoms. The summed E-state index contributed by atoms with van der Waals surface area (Å²) in [6.45, 7) is 2.75. The van der Waals surface area contributed by atoms with Crippen molar-refractivity contribution in [2.24, 2.45) is 0 Å². The van der Waals surface area contributed by atoms with Crippen LogP contribution in [-0.4, -0.2) is 36.7 Å². The average molecular weight is 420 g/mol. The highest BCUT2D eigenvalue weighted by atomic mass is 32.1. The Morgan fingerprint density at radius 3 is 2.87 bits per heavy atom. The molecule has 4 heterocycles. The first-order valence-electron chi connectivity index (χ1n) is 10.0. The van der Waals surface area contributed by atoms with Crippen LogP contribution >= 0.6 is 11.3 Å². The van der Waals surface area contributed by atoms with Crippen molar-refractivity contribution < 1.29 is 4.79 Å². The number of thiophene rings is 1. The van der Waals surface area contributed by atoms with Crippen molar-refractivity contribution in [2.45, 2.75) is 32.4 Å². The lowest BCUT2D eigenvalue weighted by Gasteiger charge is -2.35. The zero-order chi connectivity index (χ0) is 20.7. The Bertz CT molecular complexity index is 1270. The van der Waals surface area contributed by atoms with Crippen LogP contribution in [0.15, 0.2) is 59.1 Å². The first kappa shape index (κ1) is 18.7. The minimum atomic E-state index is -0.253. The van der Waals surface area contributed by atoms with Gasteiger partial charge in [-0.3, -0.25) is 14.2 Å². The number of aromatic nitrogens is 4. The van der Waals surface area contributed by atoms with E-state index in [-0.39, 0.29) is 24.1 Å². The molecule has 30 heavy (non-hydrogen) atoms. The molecule has 0 saturated carbocycles. The molecule has 1 unspecified atom stereocenters. The SMILES string of the molecule is CCC1c2ccsc2CCN1C(=O)Cn1cnc2c(cnn2-c2ccccc2)c1=O. The molecule has 0 N–H and O–H groups in total. The highest BCUT2D eigenvalue weighted by Gasteiger charge is 2.30. The minimum absolute atomic E-state index is 0.0196. The molecule has 1 amide bonds. The molecule has 3 aromatic heterocycles. The topological polar surface area (TPSA) is 73.0 Å². The fourth-order valence-corrected chi connectivity index (χ4v) is 5.12. The van der Waals surface area contributed by atoms with Gasteiger partial charge in [0.05, 0.1) is 17.9 Å². The summed E-state index contributed by atoms with van der Waals surface area (Å²) in [6, 6.07) is 11.7. The first-order chi connectivity index (χ1) is 14.7. The lowest BCUT2D eigenvalue weighted by atomic mass is 9.98. The molecule has 1 aliphatic heterocycles. The van der Waals surface area contributed by atoms with Gasteiger partial charge in [0.25, 0.3) is 5.56 Å². The fourth-order valence-electron chi connectivity index (χ4n) is 4.19. The number of carbonyl (C=O) groups excluding carboxylic acids is 1. The number of fused-ring (bicyclic) bond motifs is 2. The normalized spacial score (nSPS) is 16.0. The van der Waals surface area contributed by atoms with Gasteiger partial charge < -0.3 is 4.90 Å². The monoisotopic (exact) mass is 419 g/mol. The second kappa shape index (κ2) is 7.53. The summed E-state index contributed by atoms with van der Waals surface area (Å²) in [6.07, 6.45) is 4.69. The van der Waals surface area contributed by atoms with Gasteiger partial charge in [0.1, 0.15) is 18.3 Å². The molecule has 1 aromatic carbocycles. The molecule has 8 heteroatoms. The molecular weight excluding hydrogens is 398 g/mol. The third-order valence-corrected chi connectivity index (χ3v) is 6.66. The van der Waals surface area contributed by atoms with Crippen molar-refractivity contribution in [3.05, 3.63) is 75.1 Å². The van der Waals surface area contributed by atoms with Crippen LogP contribution in [0.5, 0.6) is 0 Å². The molecular formula is C22H21N5O2S. The van der Waals surface area contributed by atoms with E-state index in [2.05, 4.69) is 28.5 Å². The van der Waals surface area contributed by atoms with Crippen LogP contribution in [0.25, 0.3) is 16.7 Å². The predicted octanol–water partition coefficient (Wildman–Crippen LogP) is 3.18. The van der Waals surface area contributed by atoms with E-state index in [4.69, 9.17) is 0 Å². The van der Waals surface area contributed by atoms with E-state index in [0.29, 0.717) is 17.6 Å². The van der Waals surface area contributed by atoms with Crippen molar-refractivity contribution in [1.29, 1.82) is 0 Å². The van der Waals surface area contributed by atoms with Crippen LogP contribution in [-0.2, 0) is 17.8 Å². The van der Waals surface area contributed by atoms with Gasteiger partial charge in [-0.1, -0.05) is 25.1 Å². The number of hydrogen-bond donors (Lipinski definition) is 0. The van der Waals surface area contributed by atoms with Crippen LogP contribution in [0.1, 0.15) is 29.8 Å². The zero-order valence-electron chi connectivity index (χ0n) is 16.6. The molecule has 0 spiro atoms. The second-order valence-electron chi connectivity index (χ2n) is 7.37. The number of benzene rings is 1.